The van der Waals surface area contributed by atoms with Gasteiger partial charge in [-0.2, -0.15) is 0 Å². The number of hydrogen-bond donors (Lipinski definition) is 0. The summed E-state index contributed by atoms with van der Waals surface area (Å²) in [6, 6.07) is 0. The molecule has 0 aliphatic rings. The molecule has 2 radical (unpaired) electrons. The Kier molecular flexibility index (Phi) is 14.0. The van der Waals surface area contributed by atoms with E-state index >= 15 is 0 Å². The topological polar surface area (TPSA) is 0 Å². The van der Waals surface area contributed by atoms with Crippen molar-refractivity contribution in [2.45, 2.75) is 0 Å². The summed E-state index contributed by atoms with van der Waals surface area (Å²) < 4.78 is -1.30. The second-order valence-electron chi connectivity index (χ2n) is 0.429. The average molecular weight is 836 g/mol. The summed E-state index contributed by atoms with van der Waals surface area (Å²) in [7, 11) is 0. The predicted molar refractivity (Wildman–Crippen MR) is 70.4 cm³/mol. The number of hydrogen-bond acceptors (Lipinski definition) is 0. The van der Waals surface area contributed by atoms with Gasteiger partial charge in [0.05, 0.1) is 0 Å². The molecule has 0 aromatic rings. The van der Waals surface area contributed by atoms with Crippen LogP contribution in [0.4, 0.5) is 0 Å². The Morgan fingerprint density at radius 2 is 0.833 bits per heavy atom. The molecule has 0 aliphatic heterocycles. The Labute approximate surface area is 101 Å². The first kappa shape index (κ1) is 13.2. The van der Waals surface area contributed by atoms with Crippen LogP contribution in [0.1, 0.15) is 0 Å². The third kappa shape index (κ3) is 23.4. The molecule has 38 valence electrons. The molecule has 0 unspecified atom stereocenters. The van der Waals surface area contributed by atoms with Gasteiger partial charge in [-0.1, -0.05) is 0 Å². The average Bonchev–Trinajstić information content (AvgIpc) is 0.722. The number of rotatable bonds is 0. The van der Waals surface area contributed by atoms with Gasteiger partial charge in [0.15, 0.2) is 0 Å². The summed E-state index contributed by atoms with van der Waals surface area (Å²) >= 11 is 10.2. The van der Waals surface area contributed by atoms with E-state index in [9.17, 15) is 0 Å². The molecule has 0 saturated carbocycles. The summed E-state index contributed by atoms with van der Waals surface area (Å²) in [4.78, 5) is 0. The molecule has 0 aromatic heterocycles. The maximum absolute atomic E-state index is 2.55. The molecular weight excluding hydrogens is 834 g/mol. The zero-order valence-corrected chi connectivity index (χ0v) is 19.7. The van der Waals surface area contributed by atoms with Crippen molar-refractivity contribution >= 4 is 104 Å². The van der Waals surface area contributed by atoms with Gasteiger partial charge in [0.1, 0.15) is 0 Å². The first-order valence-electron chi connectivity index (χ1n) is 0.756. The van der Waals surface area contributed by atoms with E-state index in [-0.39, 0.29) is 27.3 Å². The van der Waals surface area contributed by atoms with E-state index in [4.69, 9.17) is 0 Å². The summed E-state index contributed by atoms with van der Waals surface area (Å²) in [5.74, 6) is 0. The SMILES string of the molecule is [I][Sn]([I])([I])[I].[PbH2]. The summed E-state index contributed by atoms with van der Waals surface area (Å²) in [6.45, 7) is 0. The molecule has 0 nitrogen and oxygen atoms in total. The Bertz CT molecular complexity index is 23.0. The van der Waals surface area contributed by atoms with Crippen molar-refractivity contribution in [2.24, 2.45) is 0 Å². The standard InChI is InChI=1S/4HI.Pb.Sn.2H/h4*1H;;;;/q;;;;;+4;;/p-4. The molecular formula is H2I4PbSn. The van der Waals surface area contributed by atoms with Crippen molar-refractivity contribution in [3.8, 4) is 0 Å². The minimum absolute atomic E-state index is 0. The molecule has 0 aliphatic carbocycles. The fourth-order valence-electron chi connectivity index (χ4n) is 0. The van der Waals surface area contributed by atoms with Crippen LogP contribution in [0.3, 0.4) is 0 Å². The quantitative estimate of drug-likeness (QED) is 0.260. The second-order valence-corrected chi connectivity index (χ2v) is 129. The monoisotopic (exact) mass is 838 g/mol. The van der Waals surface area contributed by atoms with Crippen LogP contribution in [0.25, 0.3) is 0 Å². The fraction of sp³-hybridized carbons (Fsp3) is 0. The maximum atomic E-state index is 2.55. The molecule has 0 atom stereocenters. The molecule has 0 saturated heterocycles. The van der Waals surface area contributed by atoms with E-state index < -0.39 is 2.50 Å². The van der Waals surface area contributed by atoms with Crippen molar-refractivity contribution in [3.05, 3.63) is 0 Å². The first-order chi connectivity index (χ1) is 2.00. The Hall–Kier alpha value is 4.64. The van der Waals surface area contributed by atoms with E-state index in [0.29, 0.717) is 0 Å². The number of halogens is 4. The third-order valence-corrected chi connectivity index (χ3v) is 0. The molecule has 0 heterocycles. The van der Waals surface area contributed by atoms with Crippen LogP contribution in [0.15, 0.2) is 0 Å². The zero-order valence-electron chi connectivity index (χ0n) is 2.72. The van der Waals surface area contributed by atoms with Crippen LogP contribution in [0, 0.1) is 0 Å². The van der Waals surface area contributed by atoms with Gasteiger partial charge in [0, 0.05) is 0 Å². The van der Waals surface area contributed by atoms with Gasteiger partial charge in [-0.25, -0.2) is 0 Å². The van der Waals surface area contributed by atoms with Crippen LogP contribution in [0.2, 0.25) is 0 Å². The fourth-order valence-corrected chi connectivity index (χ4v) is 0. The van der Waals surface area contributed by atoms with Gasteiger partial charge < -0.3 is 0 Å². The van der Waals surface area contributed by atoms with Crippen LogP contribution in [-0.4, -0.2) is 29.8 Å². The van der Waals surface area contributed by atoms with Gasteiger partial charge in [-0.3, -0.25) is 0 Å². The second kappa shape index (κ2) is 6.36. The summed E-state index contributed by atoms with van der Waals surface area (Å²) in [6.07, 6.45) is 0. The van der Waals surface area contributed by atoms with Crippen molar-refractivity contribution in [3.63, 3.8) is 0 Å². The predicted octanol–water partition coefficient (Wildman–Crippen LogP) is 2.25. The first-order valence-corrected chi connectivity index (χ1v) is 34.0. The minimum atomic E-state index is -1.30. The van der Waals surface area contributed by atoms with Crippen LogP contribution >= 0.6 is 74.5 Å². The molecule has 0 aromatic carbocycles. The Balaban J connectivity index is 0. The van der Waals surface area contributed by atoms with E-state index in [1.54, 1.807) is 0 Å². The normalized spacial score (nSPS) is 10.0. The van der Waals surface area contributed by atoms with Gasteiger partial charge in [0.2, 0.25) is 0 Å². The van der Waals surface area contributed by atoms with Gasteiger partial charge in [0.25, 0.3) is 0 Å². The van der Waals surface area contributed by atoms with Crippen LogP contribution in [0.5, 0.6) is 0 Å². The van der Waals surface area contributed by atoms with Crippen molar-refractivity contribution in [1.29, 1.82) is 0 Å². The van der Waals surface area contributed by atoms with Gasteiger partial charge in [-0.05, 0) is 0 Å². The van der Waals surface area contributed by atoms with E-state index in [1.165, 1.54) is 0 Å². The van der Waals surface area contributed by atoms with E-state index in [1.807, 2.05) is 0 Å². The van der Waals surface area contributed by atoms with E-state index in [0.717, 1.165) is 0 Å². The van der Waals surface area contributed by atoms with Crippen molar-refractivity contribution < 1.29 is 0 Å². The summed E-state index contributed by atoms with van der Waals surface area (Å²) in [5, 5.41) is 0. The zero-order chi connectivity index (χ0) is 4.50. The molecule has 6 heavy (non-hydrogen) atoms. The van der Waals surface area contributed by atoms with Gasteiger partial charge >= 0.3 is 104 Å². The molecule has 0 bridgehead atoms. The van der Waals surface area contributed by atoms with E-state index in [2.05, 4.69) is 74.5 Å². The molecule has 6 heteroatoms. The van der Waals surface area contributed by atoms with Crippen molar-refractivity contribution in [1.82, 2.24) is 0 Å². The Morgan fingerprint density at radius 3 is 0.833 bits per heavy atom. The summed E-state index contributed by atoms with van der Waals surface area (Å²) in [5.41, 5.74) is 0. The van der Waals surface area contributed by atoms with Crippen molar-refractivity contribution in [2.75, 3.05) is 0 Å². The van der Waals surface area contributed by atoms with Crippen LogP contribution < -0.4 is 0 Å². The third-order valence-electron chi connectivity index (χ3n) is 0. The molecule has 0 N–H and O–H groups in total. The van der Waals surface area contributed by atoms with Crippen LogP contribution in [-0.2, 0) is 0 Å². The molecule has 0 spiro atoms. The molecule has 0 fully saturated rings. The van der Waals surface area contributed by atoms with Gasteiger partial charge in [-0.15, -0.1) is 0 Å². The molecule has 0 amide bonds. The Morgan fingerprint density at radius 1 is 0.833 bits per heavy atom. The molecule has 0 rings (SSSR count).